The van der Waals surface area contributed by atoms with Crippen molar-refractivity contribution < 1.29 is 38.4 Å². The maximum absolute atomic E-state index is 15.4. The summed E-state index contributed by atoms with van der Waals surface area (Å²) in [5.41, 5.74) is 20.2. The largest absolute Gasteiger partial charge is 0.370 e. The number of allylic oxidation sites excluding steroid dienone is 4. The molecule has 2 aliphatic carbocycles. The highest BCUT2D eigenvalue weighted by molar-refractivity contribution is 7.17. The molecule has 71 heavy (non-hydrogen) atoms. The van der Waals surface area contributed by atoms with Gasteiger partial charge in [-0.25, -0.2) is 4.68 Å². The summed E-state index contributed by atoms with van der Waals surface area (Å²) in [5.74, 6) is -6.75. The Balaban J connectivity index is 1.15. The number of hydrogen-bond donors (Lipinski definition) is 7. The number of benzene rings is 1. The van der Waals surface area contributed by atoms with E-state index in [0.29, 0.717) is 31.4 Å². The molecule has 1 saturated carbocycles. The van der Waals surface area contributed by atoms with E-state index >= 15 is 9.59 Å². The summed E-state index contributed by atoms with van der Waals surface area (Å²) in [5, 5.41) is 22.8. The molecule has 2 aliphatic heterocycles. The number of nitrogens with two attached hydrogens (primary N) is 3. The molecule has 0 bridgehead atoms. The first-order chi connectivity index (χ1) is 34.2. The molecule has 3 aromatic heterocycles. The average Bonchev–Trinajstić information content (AvgIpc) is 4.22. The summed E-state index contributed by atoms with van der Waals surface area (Å²) < 4.78 is 2.62. The number of fused-ring (bicyclic) bond motifs is 2. The first-order valence-electron chi connectivity index (χ1n) is 24.4. The number of carbonyl (C=O) groups is 8. The minimum absolute atomic E-state index is 0.000471. The van der Waals surface area contributed by atoms with Gasteiger partial charge in [0.2, 0.25) is 41.4 Å². The van der Waals surface area contributed by atoms with Gasteiger partial charge in [0.15, 0.2) is 5.78 Å². The fraction of sp³-hybridized carbons (Fsp3) is 0.480. The number of Topliss-reactive ketones (excluding diaryl/α,β-unsaturated/α-hetero) is 1. The molecule has 19 nitrogen and oxygen atoms in total. The van der Waals surface area contributed by atoms with Crippen molar-refractivity contribution in [2.45, 2.75) is 126 Å². The molecule has 376 valence electrons. The first-order valence-corrected chi connectivity index (χ1v) is 26.1. The second-order valence-corrected chi connectivity index (χ2v) is 21.0. The molecule has 7 atom stereocenters. The van der Waals surface area contributed by atoms with Crippen molar-refractivity contribution in [3.8, 4) is 10.6 Å². The summed E-state index contributed by atoms with van der Waals surface area (Å²) in [6, 6.07) is 4.78. The van der Waals surface area contributed by atoms with Gasteiger partial charge in [0, 0.05) is 47.8 Å². The molecule has 8 rings (SSSR count). The molecule has 0 radical (unpaired) electrons. The van der Waals surface area contributed by atoms with Crippen LogP contribution in [0.5, 0.6) is 0 Å². The summed E-state index contributed by atoms with van der Waals surface area (Å²) in [6.07, 6.45) is 12.1. The number of nitrogens with zero attached hydrogens (tertiary/aromatic N) is 4. The lowest BCUT2D eigenvalue weighted by Crippen LogP contribution is -2.57. The number of rotatable bonds is 9. The molecule has 0 unspecified atom stereocenters. The molecule has 2 saturated heterocycles. The molecule has 10 N–H and O–H groups in total. The fourth-order valence-corrected chi connectivity index (χ4v) is 12.1. The van der Waals surface area contributed by atoms with Gasteiger partial charge < -0.3 is 43.4 Å². The Morgan fingerprint density at radius 1 is 0.831 bits per heavy atom. The molecular formula is C50H61N11O8S2. The highest BCUT2D eigenvalue weighted by atomic mass is 32.1. The molecule has 5 heterocycles. The van der Waals surface area contributed by atoms with Crippen molar-refractivity contribution in [3.63, 3.8) is 0 Å². The molecule has 21 heteroatoms. The Bertz CT molecular complexity index is 2720. The first kappa shape index (κ1) is 50.8. The molecule has 7 amide bonds. The van der Waals surface area contributed by atoms with Gasteiger partial charge in [0.1, 0.15) is 23.8 Å². The summed E-state index contributed by atoms with van der Waals surface area (Å²) in [7, 11) is 0. The predicted molar refractivity (Wildman–Crippen MR) is 268 cm³/mol. The Hall–Kier alpha value is -6.58. The molecule has 0 spiro atoms. The highest BCUT2D eigenvalue weighted by Crippen LogP contribution is 2.39. The number of carbonyl (C=O) groups excluding carboxylic acids is 8. The van der Waals surface area contributed by atoms with Crippen LogP contribution in [-0.4, -0.2) is 110 Å². The van der Waals surface area contributed by atoms with E-state index in [1.807, 2.05) is 47.9 Å². The second kappa shape index (κ2) is 23.1. The van der Waals surface area contributed by atoms with Crippen molar-refractivity contribution in [1.29, 1.82) is 0 Å². The second-order valence-electron chi connectivity index (χ2n) is 19.0. The minimum Gasteiger partial charge on any atom is -0.370 e. The Morgan fingerprint density at radius 2 is 1.59 bits per heavy atom. The Kier molecular flexibility index (Phi) is 16.5. The SMILES string of the molecule is NC(=O)C[C@@H]1NC(=O)[C@@H](N)CC(=O)NCCCC[C@@H](C(N)=O)NC(=O)[C@H](Cc2csc3ccccc23)NC(=O)[C@@H]2C[C@H](n3cc(-c4ccc(C5=CC=CC5)s4)nn3)CN2C(=O)[C@H](C2CCCCC2)CC1=O. The standard InChI is InChI=1S/C50H61N11O8S2/c51-34-23-45(64)54-19-9-8-15-35(46(53)65)55-48(67)37(20-30-27-70-42-16-7-6-14-32(30)42)57-49(68)39-21-31(61-26-38(58-59-61)43-18-17-41(71-43)29-12-4-5-13-29)25-60(39)50(69)33(28-10-2-1-3-11-28)22-40(62)36(24-44(52)63)56-47(34)66/h4-7,12,14,16-18,26-28,31,33-37,39H,1-3,8-11,13,15,19-25,51H2,(H2,52,63)(H2,53,65)(H,54,64)(H,55,67)(H,56,66)(H,57,68)/t31-,33-,34-,35-,36-,37-,39-/m0/s1. The van der Waals surface area contributed by atoms with E-state index in [4.69, 9.17) is 17.2 Å². The van der Waals surface area contributed by atoms with E-state index in [0.717, 1.165) is 51.1 Å². The van der Waals surface area contributed by atoms with Crippen LogP contribution < -0.4 is 38.5 Å². The normalized spacial score (nSPS) is 26.1. The Labute approximate surface area is 418 Å². The number of amides is 7. The zero-order chi connectivity index (χ0) is 50.2. The van der Waals surface area contributed by atoms with Crippen LogP contribution in [0.25, 0.3) is 26.2 Å². The van der Waals surface area contributed by atoms with Gasteiger partial charge in [-0.15, -0.1) is 27.8 Å². The van der Waals surface area contributed by atoms with Gasteiger partial charge in [-0.2, -0.15) is 0 Å². The van der Waals surface area contributed by atoms with Crippen molar-refractivity contribution in [2.24, 2.45) is 29.0 Å². The summed E-state index contributed by atoms with van der Waals surface area (Å²) >= 11 is 3.07. The van der Waals surface area contributed by atoms with E-state index in [9.17, 15) is 28.8 Å². The molecular weight excluding hydrogens is 947 g/mol. The lowest BCUT2D eigenvalue weighted by molar-refractivity contribution is -0.146. The van der Waals surface area contributed by atoms with Crippen LogP contribution in [0.4, 0.5) is 0 Å². The zero-order valence-corrected chi connectivity index (χ0v) is 41.0. The molecule has 4 aromatic rings. The number of ketones is 1. The van der Waals surface area contributed by atoms with Crippen molar-refractivity contribution in [2.75, 3.05) is 13.1 Å². The number of hydrogen-bond acceptors (Lipinski definition) is 13. The third-order valence-electron chi connectivity index (χ3n) is 14.0. The van der Waals surface area contributed by atoms with E-state index < -0.39 is 109 Å². The topological polar surface area (TPSA) is 297 Å². The van der Waals surface area contributed by atoms with Gasteiger partial charge in [-0.05, 0) is 84.5 Å². The van der Waals surface area contributed by atoms with Crippen LogP contribution >= 0.6 is 22.7 Å². The van der Waals surface area contributed by atoms with Crippen LogP contribution in [0, 0.1) is 11.8 Å². The lowest BCUT2D eigenvalue weighted by Gasteiger charge is -2.35. The zero-order valence-electron chi connectivity index (χ0n) is 39.4. The maximum atomic E-state index is 15.4. The number of primary amides is 2. The van der Waals surface area contributed by atoms with Crippen LogP contribution in [0.3, 0.4) is 0 Å². The molecule has 1 aromatic carbocycles. The van der Waals surface area contributed by atoms with Crippen LogP contribution in [0.2, 0.25) is 0 Å². The van der Waals surface area contributed by atoms with Gasteiger partial charge in [0.25, 0.3) is 0 Å². The fourth-order valence-electron chi connectivity index (χ4n) is 10.1. The highest BCUT2D eigenvalue weighted by Gasteiger charge is 2.46. The third-order valence-corrected chi connectivity index (χ3v) is 16.2. The van der Waals surface area contributed by atoms with Gasteiger partial charge in [-0.3, -0.25) is 38.4 Å². The van der Waals surface area contributed by atoms with E-state index in [2.05, 4.69) is 43.7 Å². The van der Waals surface area contributed by atoms with Crippen molar-refractivity contribution in [1.82, 2.24) is 41.2 Å². The van der Waals surface area contributed by atoms with Crippen LogP contribution in [0.15, 0.2) is 66.2 Å². The lowest BCUT2D eigenvalue weighted by atomic mass is 9.76. The summed E-state index contributed by atoms with van der Waals surface area (Å²) in [4.78, 5) is 114. The minimum atomic E-state index is -1.45. The van der Waals surface area contributed by atoms with Crippen LogP contribution in [-0.2, 0) is 44.8 Å². The molecule has 4 aliphatic rings. The summed E-state index contributed by atoms with van der Waals surface area (Å²) in [6.45, 7) is 0.148. The maximum Gasteiger partial charge on any atom is 0.243 e. The van der Waals surface area contributed by atoms with E-state index in [1.165, 1.54) is 21.8 Å². The third kappa shape index (κ3) is 12.5. The van der Waals surface area contributed by atoms with Crippen molar-refractivity contribution in [3.05, 3.63) is 76.6 Å². The predicted octanol–water partition coefficient (Wildman–Crippen LogP) is 2.94. The smallest absolute Gasteiger partial charge is 0.243 e. The Morgan fingerprint density at radius 3 is 2.35 bits per heavy atom. The molecule has 3 fully saturated rings. The number of nitrogens with one attached hydrogen (secondary N) is 4. The van der Waals surface area contributed by atoms with E-state index in [-0.39, 0.29) is 38.3 Å². The monoisotopic (exact) mass is 1010 g/mol. The van der Waals surface area contributed by atoms with Gasteiger partial charge in [-0.1, -0.05) is 60.9 Å². The number of thiophene rings is 2. The van der Waals surface area contributed by atoms with Gasteiger partial charge in [0.05, 0.1) is 42.0 Å². The number of aromatic nitrogens is 3. The van der Waals surface area contributed by atoms with Crippen molar-refractivity contribution >= 4 is 85.5 Å². The van der Waals surface area contributed by atoms with E-state index in [1.54, 1.807) is 22.2 Å². The van der Waals surface area contributed by atoms with Crippen LogP contribution in [0.1, 0.15) is 100.0 Å². The quantitative estimate of drug-likeness (QED) is 0.128. The van der Waals surface area contributed by atoms with Gasteiger partial charge >= 0.3 is 0 Å². The average molecular weight is 1010 g/mol.